The second-order valence-corrected chi connectivity index (χ2v) is 4.53. The van der Waals surface area contributed by atoms with Crippen LogP contribution in [0.15, 0.2) is 18.2 Å². The molecule has 0 spiro atoms. The van der Waals surface area contributed by atoms with Crippen molar-refractivity contribution in [2.75, 3.05) is 18.4 Å². The predicted octanol–water partition coefficient (Wildman–Crippen LogP) is 2.39. The summed E-state index contributed by atoms with van der Waals surface area (Å²) in [5.74, 6) is -1.50. The molecule has 0 radical (unpaired) electrons. The van der Waals surface area contributed by atoms with Crippen LogP contribution < -0.4 is 5.32 Å². The first-order chi connectivity index (χ1) is 8.58. The minimum atomic E-state index is -0.627. The lowest BCUT2D eigenvalue weighted by molar-refractivity contribution is -0.120. The van der Waals surface area contributed by atoms with Crippen LogP contribution in [0.5, 0.6) is 0 Å². The highest BCUT2D eigenvalue weighted by atomic mass is 19.1. The predicted molar refractivity (Wildman–Crippen MR) is 65.3 cm³/mol. The number of amides is 1. The molecular weight excluding hydrogens is 238 g/mol. The molecule has 1 aromatic rings. The second-order valence-electron chi connectivity index (χ2n) is 4.53. The summed E-state index contributed by atoms with van der Waals surface area (Å²) in [6, 6.07) is 2.69. The van der Waals surface area contributed by atoms with Crippen LogP contribution in [0.1, 0.15) is 19.8 Å². The molecular formula is C13H16F2N2O. The molecule has 5 heteroatoms. The average molecular weight is 254 g/mol. The van der Waals surface area contributed by atoms with E-state index in [2.05, 4.69) is 5.32 Å². The minimum Gasteiger partial charge on any atom is -0.322 e. The topological polar surface area (TPSA) is 32.3 Å². The molecule has 0 aromatic heterocycles. The molecule has 98 valence electrons. The first-order valence-electron chi connectivity index (χ1n) is 6.08. The molecule has 0 unspecified atom stereocenters. The van der Waals surface area contributed by atoms with Gasteiger partial charge in [-0.1, -0.05) is 0 Å². The highest BCUT2D eigenvalue weighted by Gasteiger charge is 2.24. The Balaban J connectivity index is 2.03. The number of likely N-dealkylation sites (tertiary alicyclic amines) is 1. The third-order valence-corrected chi connectivity index (χ3v) is 3.25. The molecule has 1 aliphatic heterocycles. The Labute approximate surface area is 105 Å². The van der Waals surface area contributed by atoms with Gasteiger partial charge in [0.05, 0.1) is 11.7 Å². The molecule has 1 saturated heterocycles. The SMILES string of the molecule is C[C@H](C(=O)Nc1cc(F)ccc1F)N1CCCC1. The van der Waals surface area contributed by atoms with Gasteiger partial charge in [0, 0.05) is 6.07 Å². The van der Waals surface area contributed by atoms with Crippen LogP contribution in [0, 0.1) is 11.6 Å². The van der Waals surface area contributed by atoms with Crippen molar-refractivity contribution < 1.29 is 13.6 Å². The fourth-order valence-corrected chi connectivity index (χ4v) is 2.13. The van der Waals surface area contributed by atoms with E-state index in [9.17, 15) is 13.6 Å². The Morgan fingerprint density at radius 3 is 2.67 bits per heavy atom. The Kier molecular flexibility index (Phi) is 3.91. The second kappa shape index (κ2) is 5.44. The molecule has 1 heterocycles. The lowest BCUT2D eigenvalue weighted by Gasteiger charge is -2.22. The van der Waals surface area contributed by atoms with Crippen LogP contribution in [0.3, 0.4) is 0 Å². The Morgan fingerprint density at radius 1 is 1.33 bits per heavy atom. The number of rotatable bonds is 3. The van der Waals surface area contributed by atoms with Crippen molar-refractivity contribution in [1.29, 1.82) is 0 Å². The summed E-state index contributed by atoms with van der Waals surface area (Å²) in [5.41, 5.74) is -0.106. The van der Waals surface area contributed by atoms with E-state index in [0.29, 0.717) is 0 Å². The highest BCUT2D eigenvalue weighted by Crippen LogP contribution is 2.17. The van der Waals surface area contributed by atoms with Crippen molar-refractivity contribution in [3.63, 3.8) is 0 Å². The number of hydrogen-bond acceptors (Lipinski definition) is 2. The molecule has 3 nitrogen and oxygen atoms in total. The molecule has 1 aliphatic rings. The summed E-state index contributed by atoms with van der Waals surface area (Å²) in [4.78, 5) is 14.0. The van der Waals surface area contributed by atoms with E-state index in [4.69, 9.17) is 0 Å². The number of nitrogens with one attached hydrogen (secondary N) is 1. The zero-order valence-electron chi connectivity index (χ0n) is 10.2. The van der Waals surface area contributed by atoms with E-state index in [-0.39, 0.29) is 17.6 Å². The fraction of sp³-hybridized carbons (Fsp3) is 0.462. The summed E-state index contributed by atoms with van der Waals surface area (Å²) in [7, 11) is 0. The summed E-state index contributed by atoms with van der Waals surface area (Å²) in [6.07, 6.45) is 2.15. The Hall–Kier alpha value is -1.49. The van der Waals surface area contributed by atoms with Crippen LogP contribution in [0.2, 0.25) is 0 Å². The van der Waals surface area contributed by atoms with Gasteiger partial charge in [-0.2, -0.15) is 0 Å². The van der Waals surface area contributed by atoms with Gasteiger partial charge in [0.15, 0.2) is 0 Å². The summed E-state index contributed by atoms with van der Waals surface area (Å²) >= 11 is 0. The van der Waals surface area contributed by atoms with E-state index < -0.39 is 11.6 Å². The lowest BCUT2D eigenvalue weighted by atomic mass is 10.2. The standard InChI is InChI=1S/C13H16F2N2O/c1-9(17-6-2-3-7-17)13(18)16-12-8-10(14)4-5-11(12)15/h4-5,8-9H,2-3,6-7H2,1H3,(H,16,18)/t9-/m1/s1. The molecule has 1 amide bonds. The van der Waals surface area contributed by atoms with Gasteiger partial charge in [-0.3, -0.25) is 9.69 Å². The average Bonchev–Trinajstić information content (AvgIpc) is 2.86. The van der Waals surface area contributed by atoms with Gasteiger partial charge in [-0.05, 0) is 45.0 Å². The van der Waals surface area contributed by atoms with Crippen LogP contribution in [-0.4, -0.2) is 29.9 Å². The minimum absolute atomic E-state index is 0.106. The van der Waals surface area contributed by atoms with E-state index in [0.717, 1.165) is 44.1 Å². The van der Waals surface area contributed by atoms with E-state index in [1.165, 1.54) is 0 Å². The van der Waals surface area contributed by atoms with Gasteiger partial charge in [0.1, 0.15) is 11.6 Å². The number of halogens is 2. The Bertz CT molecular complexity index is 445. The molecule has 1 fully saturated rings. The molecule has 0 aliphatic carbocycles. The number of carbonyl (C=O) groups excluding carboxylic acids is 1. The third-order valence-electron chi connectivity index (χ3n) is 3.25. The summed E-state index contributed by atoms with van der Waals surface area (Å²) in [5, 5.41) is 2.43. The van der Waals surface area contributed by atoms with Crippen LogP contribution in [0.25, 0.3) is 0 Å². The van der Waals surface area contributed by atoms with Gasteiger partial charge in [0.2, 0.25) is 5.91 Å². The van der Waals surface area contributed by atoms with Crippen molar-refractivity contribution in [3.8, 4) is 0 Å². The van der Waals surface area contributed by atoms with Crippen molar-refractivity contribution >= 4 is 11.6 Å². The van der Waals surface area contributed by atoms with Crippen molar-refractivity contribution in [2.24, 2.45) is 0 Å². The highest BCUT2D eigenvalue weighted by molar-refractivity contribution is 5.94. The quantitative estimate of drug-likeness (QED) is 0.898. The van der Waals surface area contributed by atoms with E-state index >= 15 is 0 Å². The van der Waals surface area contributed by atoms with Gasteiger partial charge in [-0.15, -0.1) is 0 Å². The lowest BCUT2D eigenvalue weighted by Crippen LogP contribution is -2.40. The normalized spacial score (nSPS) is 17.7. The van der Waals surface area contributed by atoms with Gasteiger partial charge in [0.25, 0.3) is 0 Å². The van der Waals surface area contributed by atoms with Gasteiger partial charge >= 0.3 is 0 Å². The molecule has 0 saturated carbocycles. The van der Waals surface area contributed by atoms with Gasteiger partial charge < -0.3 is 5.32 Å². The maximum Gasteiger partial charge on any atom is 0.241 e. The van der Waals surface area contributed by atoms with E-state index in [1.54, 1.807) is 6.92 Å². The van der Waals surface area contributed by atoms with Crippen LogP contribution >= 0.6 is 0 Å². The number of hydrogen-bond donors (Lipinski definition) is 1. The molecule has 2 rings (SSSR count). The first-order valence-corrected chi connectivity index (χ1v) is 6.08. The number of nitrogens with zero attached hydrogens (tertiary/aromatic N) is 1. The molecule has 1 aromatic carbocycles. The van der Waals surface area contributed by atoms with Crippen LogP contribution in [-0.2, 0) is 4.79 Å². The molecule has 1 N–H and O–H groups in total. The van der Waals surface area contributed by atoms with E-state index in [1.807, 2.05) is 4.90 Å². The summed E-state index contributed by atoms with van der Waals surface area (Å²) in [6.45, 7) is 3.53. The smallest absolute Gasteiger partial charge is 0.241 e. The summed E-state index contributed by atoms with van der Waals surface area (Å²) < 4.78 is 26.3. The zero-order chi connectivity index (χ0) is 13.1. The third kappa shape index (κ3) is 2.85. The number of anilines is 1. The molecule has 1 atom stereocenters. The first kappa shape index (κ1) is 13.0. The number of carbonyl (C=O) groups is 1. The maximum absolute atomic E-state index is 13.4. The largest absolute Gasteiger partial charge is 0.322 e. The van der Waals surface area contributed by atoms with Crippen molar-refractivity contribution in [1.82, 2.24) is 4.90 Å². The fourth-order valence-electron chi connectivity index (χ4n) is 2.13. The monoisotopic (exact) mass is 254 g/mol. The van der Waals surface area contributed by atoms with Crippen molar-refractivity contribution in [2.45, 2.75) is 25.8 Å². The Morgan fingerprint density at radius 2 is 2.00 bits per heavy atom. The van der Waals surface area contributed by atoms with Crippen molar-refractivity contribution in [3.05, 3.63) is 29.8 Å². The molecule has 18 heavy (non-hydrogen) atoms. The van der Waals surface area contributed by atoms with Gasteiger partial charge in [-0.25, -0.2) is 8.78 Å². The van der Waals surface area contributed by atoms with Crippen LogP contribution in [0.4, 0.5) is 14.5 Å². The maximum atomic E-state index is 13.4. The zero-order valence-corrected chi connectivity index (χ0v) is 10.2. The molecule has 0 bridgehead atoms. The number of benzene rings is 1.